The van der Waals surface area contributed by atoms with Gasteiger partial charge in [-0.3, -0.25) is 4.90 Å². The van der Waals surface area contributed by atoms with Gasteiger partial charge in [0.2, 0.25) is 0 Å². The molecular weight excluding hydrogens is 281 g/mol. The summed E-state index contributed by atoms with van der Waals surface area (Å²) in [4.78, 5) is 2.25. The number of likely N-dealkylation sites (N-methyl/N-ethyl adjacent to an activating group) is 1. The summed E-state index contributed by atoms with van der Waals surface area (Å²) in [6.45, 7) is 1.77. The molecule has 2 aliphatic rings. The summed E-state index contributed by atoms with van der Waals surface area (Å²) >= 11 is 12.3. The van der Waals surface area contributed by atoms with Crippen LogP contribution in [0.15, 0.2) is 18.2 Å². The Balaban J connectivity index is 2.02. The third-order valence-corrected chi connectivity index (χ3v) is 5.24. The van der Waals surface area contributed by atoms with E-state index in [0.29, 0.717) is 16.1 Å². The van der Waals surface area contributed by atoms with Crippen LogP contribution in [0.25, 0.3) is 0 Å². The Morgan fingerprint density at radius 1 is 1.26 bits per heavy atom. The van der Waals surface area contributed by atoms with Gasteiger partial charge in [0.1, 0.15) is 0 Å². The molecule has 0 N–H and O–H groups in total. The molecule has 2 nitrogen and oxygen atoms in total. The second-order valence-electron chi connectivity index (χ2n) is 5.83. The fourth-order valence-corrected chi connectivity index (χ4v) is 3.90. The Morgan fingerprint density at radius 2 is 2.11 bits per heavy atom. The molecule has 0 unspecified atom stereocenters. The number of hydrogen-bond acceptors (Lipinski definition) is 2. The molecule has 0 spiro atoms. The maximum absolute atomic E-state index is 6.21. The Morgan fingerprint density at radius 3 is 2.89 bits per heavy atom. The van der Waals surface area contributed by atoms with Gasteiger partial charge in [-0.1, -0.05) is 42.1 Å². The molecule has 1 saturated carbocycles. The summed E-state index contributed by atoms with van der Waals surface area (Å²) in [5.41, 5.74) is 1.36. The highest BCUT2D eigenvalue weighted by molar-refractivity contribution is 6.42. The predicted octanol–water partition coefficient (Wildman–Crippen LogP) is 4.09. The van der Waals surface area contributed by atoms with Gasteiger partial charge in [0.15, 0.2) is 0 Å². The summed E-state index contributed by atoms with van der Waals surface area (Å²) in [6, 6.07) is 6.06. The maximum atomic E-state index is 6.21. The van der Waals surface area contributed by atoms with Crippen LogP contribution in [0.1, 0.15) is 31.2 Å². The third-order valence-electron chi connectivity index (χ3n) is 4.50. The third kappa shape index (κ3) is 2.40. The van der Waals surface area contributed by atoms with E-state index in [2.05, 4.69) is 18.0 Å². The molecule has 1 aromatic rings. The van der Waals surface area contributed by atoms with Gasteiger partial charge < -0.3 is 4.74 Å². The monoisotopic (exact) mass is 299 g/mol. The van der Waals surface area contributed by atoms with Crippen LogP contribution in [0, 0.1) is 0 Å². The Labute approximate surface area is 124 Å². The Kier molecular flexibility index (Phi) is 3.78. The van der Waals surface area contributed by atoms with Gasteiger partial charge in [0.05, 0.1) is 22.9 Å². The fraction of sp³-hybridized carbons (Fsp3) is 0.600. The molecule has 1 saturated heterocycles. The van der Waals surface area contributed by atoms with Gasteiger partial charge >= 0.3 is 0 Å². The number of ether oxygens (including phenoxy) is 1. The lowest BCUT2D eigenvalue weighted by molar-refractivity contribution is -0.125. The number of benzene rings is 1. The van der Waals surface area contributed by atoms with E-state index in [0.717, 1.165) is 19.7 Å². The van der Waals surface area contributed by atoms with Crippen LogP contribution in [0.4, 0.5) is 0 Å². The molecule has 1 aromatic carbocycles. The van der Waals surface area contributed by atoms with E-state index >= 15 is 0 Å². The molecule has 4 heteroatoms. The van der Waals surface area contributed by atoms with Gasteiger partial charge in [-0.05, 0) is 37.6 Å². The SMILES string of the molecule is CN1CO[C@@H]2CCCC[C@]2(c2ccc(Cl)c(Cl)c2)C1. The largest absolute Gasteiger partial charge is 0.362 e. The van der Waals surface area contributed by atoms with Crippen molar-refractivity contribution in [2.75, 3.05) is 20.3 Å². The van der Waals surface area contributed by atoms with Crippen LogP contribution in [0.5, 0.6) is 0 Å². The summed E-state index contributed by atoms with van der Waals surface area (Å²) in [7, 11) is 2.12. The normalized spacial score (nSPS) is 32.1. The highest BCUT2D eigenvalue weighted by Crippen LogP contribution is 2.45. The van der Waals surface area contributed by atoms with Crippen LogP contribution in [-0.4, -0.2) is 31.3 Å². The zero-order valence-electron chi connectivity index (χ0n) is 11.2. The van der Waals surface area contributed by atoms with Crippen molar-refractivity contribution >= 4 is 23.2 Å². The van der Waals surface area contributed by atoms with Crippen molar-refractivity contribution in [3.05, 3.63) is 33.8 Å². The lowest BCUT2D eigenvalue weighted by Gasteiger charge is -2.50. The van der Waals surface area contributed by atoms with Gasteiger partial charge in [0.25, 0.3) is 0 Å². The molecule has 0 bridgehead atoms. The number of hydrogen-bond donors (Lipinski definition) is 0. The standard InChI is InChI=1S/C15H19Cl2NO/c1-18-9-15(7-3-2-4-14(15)19-10-18)11-5-6-12(16)13(17)8-11/h5-6,8,14H,2-4,7,9-10H2,1H3/t14-,15-/m1/s1. The van der Waals surface area contributed by atoms with E-state index in [1.165, 1.54) is 24.8 Å². The van der Waals surface area contributed by atoms with E-state index in [-0.39, 0.29) is 5.41 Å². The van der Waals surface area contributed by atoms with Crippen molar-refractivity contribution < 1.29 is 4.74 Å². The van der Waals surface area contributed by atoms with Gasteiger partial charge in [-0.25, -0.2) is 0 Å². The minimum atomic E-state index is 0.0828. The topological polar surface area (TPSA) is 12.5 Å². The molecule has 0 aromatic heterocycles. The van der Waals surface area contributed by atoms with Gasteiger partial charge in [-0.2, -0.15) is 0 Å². The first-order valence-electron chi connectivity index (χ1n) is 6.87. The summed E-state index contributed by atoms with van der Waals surface area (Å²) in [5, 5.41) is 1.27. The first kappa shape index (κ1) is 13.7. The minimum Gasteiger partial charge on any atom is -0.362 e. The predicted molar refractivity (Wildman–Crippen MR) is 79.0 cm³/mol. The highest BCUT2D eigenvalue weighted by atomic mass is 35.5. The van der Waals surface area contributed by atoms with Crippen LogP contribution in [0.3, 0.4) is 0 Å². The Bertz CT molecular complexity index is 479. The molecule has 2 fully saturated rings. The zero-order valence-corrected chi connectivity index (χ0v) is 12.7. The first-order valence-corrected chi connectivity index (χ1v) is 7.63. The second-order valence-corrected chi connectivity index (χ2v) is 6.64. The van der Waals surface area contributed by atoms with Crippen LogP contribution < -0.4 is 0 Å². The maximum Gasteiger partial charge on any atom is 0.0992 e. The average molecular weight is 300 g/mol. The van der Waals surface area contributed by atoms with E-state index in [4.69, 9.17) is 27.9 Å². The molecule has 1 aliphatic heterocycles. The van der Waals surface area contributed by atoms with Crippen LogP contribution in [-0.2, 0) is 10.2 Å². The van der Waals surface area contributed by atoms with Crippen molar-refractivity contribution in [3.63, 3.8) is 0 Å². The molecule has 2 atom stereocenters. The fourth-order valence-electron chi connectivity index (χ4n) is 3.60. The highest BCUT2D eigenvalue weighted by Gasteiger charge is 2.46. The number of halogens is 2. The van der Waals surface area contributed by atoms with Crippen molar-refractivity contribution in [3.8, 4) is 0 Å². The molecule has 19 heavy (non-hydrogen) atoms. The number of rotatable bonds is 1. The Hall–Kier alpha value is -0.280. The second kappa shape index (κ2) is 5.25. The molecule has 0 radical (unpaired) electrons. The van der Waals surface area contributed by atoms with Gasteiger partial charge in [-0.15, -0.1) is 0 Å². The number of nitrogens with zero attached hydrogens (tertiary/aromatic N) is 1. The lowest BCUT2D eigenvalue weighted by Crippen LogP contribution is -2.56. The van der Waals surface area contributed by atoms with E-state index < -0.39 is 0 Å². The summed E-state index contributed by atoms with van der Waals surface area (Å²) < 4.78 is 6.07. The average Bonchev–Trinajstić information content (AvgIpc) is 2.41. The number of fused-ring (bicyclic) bond motifs is 1. The molecule has 1 aliphatic carbocycles. The van der Waals surface area contributed by atoms with E-state index in [1.807, 2.05) is 12.1 Å². The van der Waals surface area contributed by atoms with Crippen molar-refractivity contribution in [2.24, 2.45) is 0 Å². The van der Waals surface area contributed by atoms with Crippen molar-refractivity contribution in [1.29, 1.82) is 0 Å². The molecule has 0 amide bonds. The molecule has 1 heterocycles. The van der Waals surface area contributed by atoms with Crippen molar-refractivity contribution in [2.45, 2.75) is 37.2 Å². The summed E-state index contributed by atoms with van der Waals surface area (Å²) in [6.07, 6.45) is 5.15. The molecule has 104 valence electrons. The van der Waals surface area contributed by atoms with Crippen LogP contribution >= 0.6 is 23.2 Å². The van der Waals surface area contributed by atoms with E-state index in [1.54, 1.807) is 0 Å². The van der Waals surface area contributed by atoms with Crippen molar-refractivity contribution in [1.82, 2.24) is 4.90 Å². The van der Waals surface area contributed by atoms with Gasteiger partial charge in [0, 0.05) is 12.0 Å². The molecule has 3 rings (SSSR count). The first-order chi connectivity index (χ1) is 9.12. The zero-order chi connectivity index (χ0) is 13.5. The summed E-state index contributed by atoms with van der Waals surface area (Å²) in [5.74, 6) is 0. The lowest BCUT2D eigenvalue weighted by atomic mass is 9.66. The molecular formula is C15H19Cl2NO. The van der Waals surface area contributed by atoms with E-state index in [9.17, 15) is 0 Å². The smallest absolute Gasteiger partial charge is 0.0992 e. The quantitative estimate of drug-likeness (QED) is 0.774. The minimum absolute atomic E-state index is 0.0828. The van der Waals surface area contributed by atoms with Crippen LogP contribution in [0.2, 0.25) is 10.0 Å².